The second kappa shape index (κ2) is 4.94. The molecule has 1 heterocycles. The first-order valence-corrected chi connectivity index (χ1v) is 5.97. The molecule has 4 nitrogen and oxygen atoms in total. The summed E-state index contributed by atoms with van der Waals surface area (Å²) in [5.41, 5.74) is -0.777. The summed E-state index contributed by atoms with van der Waals surface area (Å²) in [7, 11) is 0. The molecule has 1 aromatic rings. The minimum Gasteiger partial charge on any atom is -0.479 e. The lowest BCUT2D eigenvalue weighted by Gasteiger charge is -2.24. The zero-order valence-electron chi connectivity index (χ0n) is 9.97. The van der Waals surface area contributed by atoms with Crippen molar-refractivity contribution >= 4 is 11.7 Å². The number of carboxylic acids is 1. The number of carboxylic acid groups (broad SMARTS) is 1. The van der Waals surface area contributed by atoms with E-state index < -0.39 is 11.6 Å². The molecule has 0 aromatic heterocycles. The van der Waals surface area contributed by atoms with Crippen LogP contribution >= 0.6 is 0 Å². The minimum atomic E-state index is -1.63. The number of nitrogens with zero attached hydrogens (tertiary/aromatic N) is 1. The van der Waals surface area contributed by atoms with Crippen LogP contribution in [0.4, 0.5) is 10.1 Å². The van der Waals surface area contributed by atoms with E-state index >= 15 is 0 Å². The fourth-order valence-electron chi connectivity index (χ4n) is 2.24. The van der Waals surface area contributed by atoms with E-state index in [1.54, 1.807) is 12.1 Å². The van der Waals surface area contributed by atoms with Crippen molar-refractivity contribution in [3.8, 4) is 0 Å². The maximum Gasteiger partial charge on any atom is 0.335 e. The van der Waals surface area contributed by atoms with Crippen molar-refractivity contribution in [1.29, 1.82) is 0 Å². The molecule has 0 spiro atoms. The third kappa shape index (κ3) is 2.61. The Morgan fingerprint density at radius 3 is 2.50 bits per heavy atom. The number of anilines is 1. The smallest absolute Gasteiger partial charge is 0.335 e. The van der Waals surface area contributed by atoms with E-state index in [1.165, 1.54) is 12.1 Å². The van der Waals surface area contributed by atoms with Gasteiger partial charge in [0.15, 0.2) is 5.60 Å². The van der Waals surface area contributed by atoms with Crippen LogP contribution in [-0.2, 0) is 4.79 Å². The van der Waals surface area contributed by atoms with E-state index in [1.807, 2.05) is 4.90 Å². The van der Waals surface area contributed by atoms with Gasteiger partial charge in [0.25, 0.3) is 0 Å². The maximum absolute atomic E-state index is 12.8. The Morgan fingerprint density at radius 1 is 1.22 bits per heavy atom. The summed E-state index contributed by atoms with van der Waals surface area (Å²) in [5, 5.41) is 18.9. The van der Waals surface area contributed by atoms with Gasteiger partial charge < -0.3 is 15.1 Å². The van der Waals surface area contributed by atoms with Gasteiger partial charge in [-0.1, -0.05) is 0 Å². The second-order valence-corrected chi connectivity index (χ2v) is 4.65. The molecule has 1 fully saturated rings. The van der Waals surface area contributed by atoms with Crippen molar-refractivity contribution in [2.24, 2.45) is 0 Å². The molecule has 2 N–H and O–H groups in total. The first-order chi connectivity index (χ1) is 8.51. The molecular weight excluding hydrogens is 237 g/mol. The van der Waals surface area contributed by atoms with Crippen molar-refractivity contribution in [3.63, 3.8) is 0 Å². The molecule has 1 aromatic carbocycles. The largest absolute Gasteiger partial charge is 0.479 e. The molecular formula is C13H16FNO3. The summed E-state index contributed by atoms with van der Waals surface area (Å²) in [6.45, 7) is 1.12. The van der Waals surface area contributed by atoms with Crippen LogP contribution in [0.3, 0.4) is 0 Å². The van der Waals surface area contributed by atoms with E-state index in [-0.39, 0.29) is 18.7 Å². The zero-order chi connectivity index (χ0) is 13.2. The Hall–Kier alpha value is -1.62. The molecule has 1 aliphatic heterocycles. The normalized spacial score (nSPS) is 24.7. The maximum atomic E-state index is 12.8. The Kier molecular flexibility index (Phi) is 3.52. The number of benzene rings is 1. The van der Waals surface area contributed by atoms with E-state index in [2.05, 4.69) is 0 Å². The Bertz CT molecular complexity index is 434. The predicted octanol–water partition coefficient (Wildman–Crippen LogP) is 1.63. The van der Waals surface area contributed by atoms with Crippen LogP contribution in [0.15, 0.2) is 24.3 Å². The summed E-state index contributed by atoms with van der Waals surface area (Å²) in [5.74, 6) is -1.46. The third-order valence-electron chi connectivity index (χ3n) is 3.40. The van der Waals surface area contributed by atoms with Gasteiger partial charge in [0.05, 0.1) is 0 Å². The van der Waals surface area contributed by atoms with Crippen molar-refractivity contribution in [2.45, 2.75) is 24.9 Å². The Labute approximate surface area is 105 Å². The van der Waals surface area contributed by atoms with Gasteiger partial charge in [-0.3, -0.25) is 0 Å². The Balaban J connectivity index is 2.09. The topological polar surface area (TPSA) is 60.8 Å². The van der Waals surface area contributed by atoms with Gasteiger partial charge in [-0.05, 0) is 37.1 Å². The standard InChI is InChI=1S/C13H16FNO3/c14-10-2-4-11(5-3-10)15-8-1-6-13(18,7-9-15)12(16)17/h2-5,18H,1,6-9H2,(H,16,17). The summed E-state index contributed by atoms with van der Waals surface area (Å²) in [6, 6.07) is 6.09. The Morgan fingerprint density at radius 2 is 1.89 bits per heavy atom. The van der Waals surface area contributed by atoms with Crippen LogP contribution in [0.25, 0.3) is 0 Å². The lowest BCUT2D eigenvalue weighted by molar-refractivity contribution is -0.159. The molecule has 1 aliphatic rings. The van der Waals surface area contributed by atoms with Gasteiger partial charge in [-0.25, -0.2) is 9.18 Å². The predicted molar refractivity (Wildman–Crippen MR) is 65.0 cm³/mol. The lowest BCUT2D eigenvalue weighted by atomic mass is 9.95. The molecule has 0 bridgehead atoms. The number of aliphatic hydroxyl groups is 1. The summed E-state index contributed by atoms with van der Waals surface area (Å²) in [6.07, 6.45) is 1.03. The fraction of sp³-hybridized carbons (Fsp3) is 0.462. The van der Waals surface area contributed by atoms with Crippen LogP contribution in [-0.4, -0.2) is 34.9 Å². The van der Waals surface area contributed by atoms with Crippen LogP contribution in [0.5, 0.6) is 0 Å². The molecule has 98 valence electrons. The first kappa shape index (κ1) is 12.8. The number of rotatable bonds is 2. The SMILES string of the molecule is O=C(O)C1(O)CCCN(c2ccc(F)cc2)CC1. The second-order valence-electron chi connectivity index (χ2n) is 4.65. The number of aliphatic carboxylic acids is 1. The third-order valence-corrected chi connectivity index (χ3v) is 3.40. The molecule has 1 saturated heterocycles. The zero-order valence-corrected chi connectivity index (χ0v) is 9.97. The highest BCUT2D eigenvalue weighted by Gasteiger charge is 2.37. The van der Waals surface area contributed by atoms with Gasteiger partial charge in [0, 0.05) is 25.2 Å². The van der Waals surface area contributed by atoms with Crippen LogP contribution in [0, 0.1) is 5.82 Å². The number of halogens is 1. The molecule has 0 amide bonds. The molecule has 18 heavy (non-hydrogen) atoms. The van der Waals surface area contributed by atoms with E-state index in [0.717, 1.165) is 5.69 Å². The van der Waals surface area contributed by atoms with Crippen LogP contribution in [0.2, 0.25) is 0 Å². The summed E-state index contributed by atoms with van der Waals surface area (Å²) < 4.78 is 12.8. The van der Waals surface area contributed by atoms with E-state index in [4.69, 9.17) is 5.11 Å². The van der Waals surface area contributed by atoms with Crippen molar-refractivity contribution in [1.82, 2.24) is 0 Å². The average molecular weight is 253 g/mol. The van der Waals surface area contributed by atoms with Crippen LogP contribution in [0.1, 0.15) is 19.3 Å². The highest BCUT2D eigenvalue weighted by Crippen LogP contribution is 2.26. The monoisotopic (exact) mass is 253 g/mol. The summed E-state index contributed by atoms with van der Waals surface area (Å²) >= 11 is 0. The van der Waals surface area contributed by atoms with Crippen molar-refractivity contribution in [2.75, 3.05) is 18.0 Å². The van der Waals surface area contributed by atoms with Gasteiger partial charge in [0.1, 0.15) is 5.82 Å². The molecule has 2 rings (SSSR count). The molecule has 0 saturated carbocycles. The quantitative estimate of drug-likeness (QED) is 0.841. The highest BCUT2D eigenvalue weighted by molar-refractivity contribution is 5.77. The van der Waals surface area contributed by atoms with Gasteiger partial charge in [-0.15, -0.1) is 0 Å². The first-order valence-electron chi connectivity index (χ1n) is 5.97. The molecule has 5 heteroatoms. The fourth-order valence-corrected chi connectivity index (χ4v) is 2.24. The van der Waals surface area contributed by atoms with E-state index in [0.29, 0.717) is 19.5 Å². The number of hydrogen-bond acceptors (Lipinski definition) is 3. The van der Waals surface area contributed by atoms with Gasteiger partial charge in [-0.2, -0.15) is 0 Å². The molecule has 1 unspecified atom stereocenters. The molecule has 0 aliphatic carbocycles. The van der Waals surface area contributed by atoms with Gasteiger partial charge in [0.2, 0.25) is 0 Å². The molecule has 1 atom stereocenters. The minimum absolute atomic E-state index is 0.180. The van der Waals surface area contributed by atoms with Crippen molar-refractivity contribution < 1.29 is 19.4 Å². The lowest BCUT2D eigenvalue weighted by Crippen LogP contribution is -2.39. The van der Waals surface area contributed by atoms with Crippen molar-refractivity contribution in [3.05, 3.63) is 30.1 Å². The van der Waals surface area contributed by atoms with Gasteiger partial charge >= 0.3 is 5.97 Å². The average Bonchev–Trinajstić information content (AvgIpc) is 2.54. The summed E-state index contributed by atoms with van der Waals surface area (Å²) in [4.78, 5) is 13.0. The highest BCUT2D eigenvalue weighted by atomic mass is 19.1. The number of hydrogen-bond donors (Lipinski definition) is 2. The van der Waals surface area contributed by atoms with Crippen LogP contribution < -0.4 is 4.90 Å². The molecule has 0 radical (unpaired) electrons. The number of carbonyl (C=O) groups is 1. The van der Waals surface area contributed by atoms with E-state index in [9.17, 15) is 14.3 Å².